The van der Waals surface area contributed by atoms with Gasteiger partial charge in [-0.25, -0.2) is 0 Å². The van der Waals surface area contributed by atoms with E-state index >= 15 is 0 Å². The fraction of sp³-hybridized carbons (Fsp3) is 0. The van der Waals surface area contributed by atoms with Crippen molar-refractivity contribution in [3.8, 4) is 0 Å². The molecule has 0 atom stereocenters. The summed E-state index contributed by atoms with van der Waals surface area (Å²) >= 11 is 0.750. The minimum atomic E-state index is 0.750. The molecule has 2 aliphatic rings. The van der Waals surface area contributed by atoms with E-state index in [9.17, 15) is 0 Å². The van der Waals surface area contributed by atoms with Gasteiger partial charge in [0.1, 0.15) is 0 Å². The fourth-order valence-corrected chi connectivity index (χ4v) is 0.642. The molecule has 0 aliphatic heterocycles. The molecular formula is C10H10OTi. The predicted octanol–water partition coefficient (Wildman–Crippen LogP) is 1.92. The third-order valence-corrected chi connectivity index (χ3v) is 1.11. The van der Waals surface area contributed by atoms with Crippen molar-refractivity contribution in [3.05, 3.63) is 64.2 Å². The normalized spacial score (nSPS) is 20.2. The number of hydrogen-bond acceptors (Lipinski definition) is 1. The summed E-state index contributed by atoms with van der Waals surface area (Å²) in [6.07, 6.45) is 20.0. The molecule has 2 rings (SSSR count). The molecule has 60 valence electrons. The Kier molecular flexibility index (Phi) is 12.0. The maximum atomic E-state index is 8.25. The van der Waals surface area contributed by atoms with Crippen molar-refractivity contribution >= 4 is 0 Å². The maximum absolute atomic E-state index is 8.25. The minimum absolute atomic E-state index is 0.750. The van der Waals surface area contributed by atoms with Gasteiger partial charge >= 0.3 is 23.7 Å². The van der Waals surface area contributed by atoms with Gasteiger partial charge < -0.3 is 0 Å². The van der Waals surface area contributed by atoms with Gasteiger partial charge in [0.2, 0.25) is 0 Å². The van der Waals surface area contributed by atoms with E-state index in [4.69, 9.17) is 3.32 Å². The van der Waals surface area contributed by atoms with Crippen LogP contribution in [0.4, 0.5) is 0 Å². The zero-order chi connectivity index (χ0) is 9.07. The van der Waals surface area contributed by atoms with Crippen molar-refractivity contribution in [3.63, 3.8) is 0 Å². The first kappa shape index (κ1) is 12.5. The van der Waals surface area contributed by atoms with Crippen LogP contribution in [0.2, 0.25) is 0 Å². The van der Waals surface area contributed by atoms with Gasteiger partial charge in [-0.3, -0.25) is 0 Å². The first-order chi connectivity index (χ1) is 6.00. The SMILES string of the molecule is [CH]1[CH][CH][CH][CH]1.[CH]1[CH][CH][CH][CH]1.[O]=[Ti]. The van der Waals surface area contributed by atoms with Crippen molar-refractivity contribution in [1.82, 2.24) is 0 Å². The van der Waals surface area contributed by atoms with E-state index in [1.807, 2.05) is 64.2 Å². The van der Waals surface area contributed by atoms with Gasteiger partial charge in [0, 0.05) is 0 Å². The van der Waals surface area contributed by atoms with Gasteiger partial charge in [-0.05, 0) is 64.2 Å². The van der Waals surface area contributed by atoms with Crippen LogP contribution in [0.25, 0.3) is 0 Å². The molecule has 12 heavy (non-hydrogen) atoms. The second-order valence-electron chi connectivity index (χ2n) is 1.92. The summed E-state index contributed by atoms with van der Waals surface area (Å²) in [5.74, 6) is 0. The van der Waals surface area contributed by atoms with Crippen LogP contribution in [0.15, 0.2) is 0 Å². The molecule has 0 aromatic carbocycles. The van der Waals surface area contributed by atoms with E-state index < -0.39 is 0 Å². The van der Waals surface area contributed by atoms with E-state index in [1.54, 1.807) is 0 Å². The van der Waals surface area contributed by atoms with Crippen LogP contribution in [0.5, 0.6) is 0 Å². The van der Waals surface area contributed by atoms with Crippen LogP contribution < -0.4 is 0 Å². The van der Waals surface area contributed by atoms with Crippen molar-refractivity contribution in [2.45, 2.75) is 0 Å². The molecule has 0 spiro atoms. The van der Waals surface area contributed by atoms with Crippen LogP contribution in [-0.4, -0.2) is 0 Å². The van der Waals surface area contributed by atoms with Gasteiger partial charge in [0.05, 0.1) is 0 Å². The zero-order valence-corrected chi connectivity index (χ0v) is 8.24. The third kappa shape index (κ3) is 8.61. The quantitative estimate of drug-likeness (QED) is 0.538. The van der Waals surface area contributed by atoms with Crippen molar-refractivity contribution in [2.75, 3.05) is 0 Å². The zero-order valence-electron chi connectivity index (χ0n) is 6.68. The second kappa shape index (κ2) is 11.5. The van der Waals surface area contributed by atoms with Gasteiger partial charge in [0.25, 0.3) is 0 Å². The summed E-state index contributed by atoms with van der Waals surface area (Å²) < 4.78 is 8.25. The molecule has 0 heterocycles. The second-order valence-corrected chi connectivity index (χ2v) is 1.92. The summed E-state index contributed by atoms with van der Waals surface area (Å²) in [6.45, 7) is 0. The Labute approximate surface area is 88.0 Å². The molecule has 2 saturated carbocycles. The molecule has 0 unspecified atom stereocenters. The van der Waals surface area contributed by atoms with E-state index in [-0.39, 0.29) is 0 Å². The Bertz CT molecular complexity index is 52.7. The molecule has 0 aromatic rings. The predicted molar refractivity (Wildman–Crippen MR) is 43.7 cm³/mol. The molecular weight excluding hydrogens is 184 g/mol. The monoisotopic (exact) mass is 194 g/mol. The average Bonchev–Trinajstić information content (AvgIpc) is 2.87. The van der Waals surface area contributed by atoms with Crippen LogP contribution >= 0.6 is 0 Å². The standard InChI is InChI=1S/2C5H5.O.Ti/c2*1-2-4-5-3-1;;/h2*1-5H;;. The van der Waals surface area contributed by atoms with Crippen LogP contribution in [-0.2, 0) is 23.7 Å². The molecule has 2 heteroatoms. The molecule has 10 radical (unpaired) electrons. The molecule has 2 fully saturated rings. The fourth-order valence-electron chi connectivity index (χ4n) is 0.642. The molecule has 0 aromatic heterocycles. The van der Waals surface area contributed by atoms with Gasteiger partial charge in [0.15, 0.2) is 0 Å². The van der Waals surface area contributed by atoms with E-state index in [2.05, 4.69) is 0 Å². The van der Waals surface area contributed by atoms with Gasteiger partial charge in [-0.1, -0.05) is 0 Å². The first-order valence-corrected chi connectivity index (χ1v) is 4.17. The average molecular weight is 194 g/mol. The Morgan fingerprint density at radius 2 is 0.500 bits per heavy atom. The molecule has 1 nitrogen and oxygen atoms in total. The van der Waals surface area contributed by atoms with Crippen molar-refractivity contribution < 1.29 is 23.7 Å². The number of rotatable bonds is 0. The van der Waals surface area contributed by atoms with Gasteiger partial charge in [-0.15, -0.1) is 0 Å². The molecule has 0 bridgehead atoms. The molecule has 2 aliphatic carbocycles. The van der Waals surface area contributed by atoms with E-state index in [0.29, 0.717) is 0 Å². The van der Waals surface area contributed by atoms with Crippen LogP contribution in [0.1, 0.15) is 0 Å². The molecule has 0 N–H and O–H groups in total. The Morgan fingerprint density at radius 1 is 0.417 bits per heavy atom. The van der Waals surface area contributed by atoms with Gasteiger partial charge in [-0.2, -0.15) is 0 Å². The van der Waals surface area contributed by atoms with Crippen LogP contribution in [0, 0.1) is 64.2 Å². The summed E-state index contributed by atoms with van der Waals surface area (Å²) in [4.78, 5) is 0. The topological polar surface area (TPSA) is 17.1 Å². The Morgan fingerprint density at radius 3 is 0.583 bits per heavy atom. The summed E-state index contributed by atoms with van der Waals surface area (Å²) in [7, 11) is 0. The summed E-state index contributed by atoms with van der Waals surface area (Å²) in [6, 6.07) is 0. The third-order valence-electron chi connectivity index (χ3n) is 1.11. The Hall–Kier alpha value is 0.514. The van der Waals surface area contributed by atoms with Crippen molar-refractivity contribution in [2.24, 2.45) is 0 Å². The summed E-state index contributed by atoms with van der Waals surface area (Å²) in [5, 5.41) is 0. The molecule has 0 saturated heterocycles. The molecule has 0 amide bonds. The summed E-state index contributed by atoms with van der Waals surface area (Å²) in [5.41, 5.74) is 0. The first-order valence-electron chi connectivity index (χ1n) is 3.54. The van der Waals surface area contributed by atoms with Crippen molar-refractivity contribution in [1.29, 1.82) is 0 Å². The number of hydrogen-bond donors (Lipinski definition) is 0. The Balaban J connectivity index is 0.000000168. The van der Waals surface area contributed by atoms with E-state index in [0.717, 1.165) is 20.4 Å². The van der Waals surface area contributed by atoms with Crippen LogP contribution in [0.3, 0.4) is 0 Å². The van der Waals surface area contributed by atoms with E-state index in [1.165, 1.54) is 0 Å².